The van der Waals surface area contributed by atoms with E-state index in [1.807, 2.05) is 0 Å². The largest absolute Gasteiger partial charge is 0.796 e. The van der Waals surface area contributed by atoms with Crippen molar-refractivity contribution >= 4 is 13.3 Å². The molecule has 0 radical (unpaired) electrons. The zero-order chi connectivity index (χ0) is 16.1. The van der Waals surface area contributed by atoms with Crippen molar-refractivity contribution < 1.29 is 27.6 Å². The third-order valence-corrected chi connectivity index (χ3v) is 3.00. The van der Waals surface area contributed by atoms with E-state index in [2.05, 4.69) is 4.65 Å². The molecule has 4 nitrogen and oxygen atoms in total. The molecule has 0 aliphatic rings. The van der Waals surface area contributed by atoms with Crippen molar-refractivity contribution in [3.05, 3.63) is 53.6 Å². The first-order valence-corrected chi connectivity index (χ1v) is 6.36. The Bertz CT molecular complexity index is 659. The van der Waals surface area contributed by atoms with Crippen molar-refractivity contribution in [3.8, 4) is 17.2 Å². The van der Waals surface area contributed by atoms with Crippen LogP contribution in [0.4, 0.5) is 8.63 Å². The Morgan fingerprint density at radius 2 is 1.55 bits per heavy atom. The highest BCUT2D eigenvalue weighted by molar-refractivity contribution is 6.35. The number of carbonyl (C=O) groups is 1. The van der Waals surface area contributed by atoms with Crippen LogP contribution in [0.1, 0.15) is 15.9 Å². The molecule has 0 saturated carbocycles. The minimum Gasteiger partial charge on any atom is -0.504 e. The summed E-state index contributed by atoms with van der Waals surface area (Å²) >= 11 is 0. The van der Waals surface area contributed by atoms with Crippen LogP contribution < -0.4 is 14.1 Å². The van der Waals surface area contributed by atoms with Gasteiger partial charge in [-0.2, -0.15) is 0 Å². The number of ether oxygens (including phenoxy) is 2. The maximum absolute atomic E-state index is 12.5. The molecule has 2 rings (SSSR count). The Labute approximate surface area is 126 Å². The minimum atomic E-state index is -3.03. The van der Waals surface area contributed by atoms with E-state index in [1.165, 1.54) is 32.4 Å². The van der Waals surface area contributed by atoms with Crippen molar-refractivity contribution in [1.29, 1.82) is 0 Å². The molecule has 2 aromatic rings. The lowest BCUT2D eigenvalue weighted by atomic mass is 10.0. The molecule has 0 saturated heterocycles. The number of ketones is 1. The third kappa shape index (κ3) is 3.55. The second-order valence-corrected chi connectivity index (χ2v) is 4.30. The van der Waals surface area contributed by atoms with Crippen molar-refractivity contribution in [3.63, 3.8) is 0 Å². The molecule has 0 N–H and O–H groups in total. The van der Waals surface area contributed by atoms with Gasteiger partial charge in [0.05, 0.1) is 19.8 Å². The Kier molecular flexibility index (Phi) is 4.98. The molecule has 0 unspecified atom stereocenters. The fraction of sp³-hybridized carbons (Fsp3) is 0.133. The van der Waals surface area contributed by atoms with E-state index in [0.717, 1.165) is 0 Å². The number of halogens is 2. The van der Waals surface area contributed by atoms with Gasteiger partial charge in [-0.3, -0.25) is 4.79 Å². The summed E-state index contributed by atoms with van der Waals surface area (Å²) in [5.74, 6) is 0.258. The van der Waals surface area contributed by atoms with Gasteiger partial charge < -0.3 is 14.1 Å². The third-order valence-electron chi connectivity index (χ3n) is 3.00. The van der Waals surface area contributed by atoms with Crippen LogP contribution in [0.3, 0.4) is 0 Å². The number of rotatable bonds is 6. The Balaban J connectivity index is 2.38. The second-order valence-electron chi connectivity index (χ2n) is 4.30. The van der Waals surface area contributed by atoms with Crippen LogP contribution in [0.25, 0.3) is 0 Å². The lowest BCUT2D eigenvalue weighted by molar-refractivity contribution is 0.103. The van der Waals surface area contributed by atoms with Gasteiger partial charge in [0.25, 0.3) is 0 Å². The molecule has 0 amide bonds. The van der Waals surface area contributed by atoms with Crippen LogP contribution in [0.5, 0.6) is 17.2 Å². The van der Waals surface area contributed by atoms with Gasteiger partial charge in [0.1, 0.15) is 17.2 Å². The standard InChI is InChI=1S/C15H13BF2O4/c1-20-11-5-3-10(4-6-11)15(19)13-8-7-12(21-2)9-14(13)22-16(17)18/h3-9H,1-2H3. The SMILES string of the molecule is COc1ccc(C(=O)c2ccc(OC)cc2OB(F)F)cc1. The first kappa shape index (κ1) is 15.8. The van der Waals surface area contributed by atoms with Crippen molar-refractivity contribution in [1.82, 2.24) is 0 Å². The monoisotopic (exact) mass is 306 g/mol. The van der Waals surface area contributed by atoms with Crippen LogP contribution in [0, 0.1) is 0 Å². The van der Waals surface area contributed by atoms with E-state index in [4.69, 9.17) is 9.47 Å². The second kappa shape index (κ2) is 6.93. The number of benzene rings is 2. The van der Waals surface area contributed by atoms with Crippen LogP contribution >= 0.6 is 0 Å². The van der Waals surface area contributed by atoms with Gasteiger partial charge in [0, 0.05) is 11.6 Å². The predicted molar refractivity (Wildman–Crippen MR) is 78.0 cm³/mol. The molecule has 0 atom stereocenters. The quantitative estimate of drug-likeness (QED) is 0.607. The zero-order valence-electron chi connectivity index (χ0n) is 12.0. The van der Waals surface area contributed by atoms with E-state index < -0.39 is 13.3 Å². The predicted octanol–water partition coefficient (Wildman–Crippen LogP) is 3.24. The number of hydrogen-bond acceptors (Lipinski definition) is 4. The normalized spacial score (nSPS) is 10.0. The van der Waals surface area contributed by atoms with Crippen molar-refractivity contribution in [2.75, 3.05) is 14.2 Å². The summed E-state index contributed by atoms with van der Waals surface area (Å²) in [6.07, 6.45) is 0. The lowest BCUT2D eigenvalue weighted by Crippen LogP contribution is -2.12. The number of methoxy groups -OCH3 is 2. The molecule has 2 aromatic carbocycles. The molecule has 114 valence electrons. The number of hydrogen-bond donors (Lipinski definition) is 0. The molecule has 0 spiro atoms. The van der Waals surface area contributed by atoms with Gasteiger partial charge >= 0.3 is 7.47 Å². The van der Waals surface area contributed by atoms with E-state index in [-0.39, 0.29) is 11.3 Å². The van der Waals surface area contributed by atoms with Crippen LogP contribution in [0.2, 0.25) is 0 Å². The maximum Gasteiger partial charge on any atom is 0.796 e. The molecule has 0 fully saturated rings. The summed E-state index contributed by atoms with van der Waals surface area (Å²) in [6.45, 7) is 0. The zero-order valence-corrected chi connectivity index (χ0v) is 12.0. The fourth-order valence-corrected chi connectivity index (χ4v) is 1.91. The van der Waals surface area contributed by atoms with E-state index in [0.29, 0.717) is 17.1 Å². The molecule has 0 aromatic heterocycles. The van der Waals surface area contributed by atoms with Gasteiger partial charge in [-0.1, -0.05) is 0 Å². The highest BCUT2D eigenvalue weighted by Gasteiger charge is 2.23. The molecule has 0 aliphatic carbocycles. The topological polar surface area (TPSA) is 44.8 Å². The molecule has 0 aliphatic heterocycles. The van der Waals surface area contributed by atoms with Gasteiger partial charge in [0.15, 0.2) is 5.78 Å². The van der Waals surface area contributed by atoms with Gasteiger partial charge in [-0.25, -0.2) is 8.63 Å². The van der Waals surface area contributed by atoms with Gasteiger partial charge in [-0.15, -0.1) is 0 Å². The molecule has 0 heterocycles. The van der Waals surface area contributed by atoms with E-state index in [1.54, 1.807) is 24.3 Å². The lowest BCUT2D eigenvalue weighted by Gasteiger charge is -2.11. The Morgan fingerprint density at radius 1 is 0.955 bits per heavy atom. The molecule has 7 heteroatoms. The average molecular weight is 306 g/mol. The maximum atomic E-state index is 12.5. The molecule has 22 heavy (non-hydrogen) atoms. The summed E-state index contributed by atoms with van der Waals surface area (Å²) in [5, 5.41) is 0. The summed E-state index contributed by atoms with van der Waals surface area (Å²) < 4.78 is 39.4. The highest BCUT2D eigenvalue weighted by Crippen LogP contribution is 2.28. The first-order chi connectivity index (χ1) is 10.5. The number of carbonyl (C=O) groups excluding carboxylic acids is 1. The van der Waals surface area contributed by atoms with Crippen molar-refractivity contribution in [2.24, 2.45) is 0 Å². The van der Waals surface area contributed by atoms with Crippen LogP contribution in [-0.4, -0.2) is 27.5 Å². The highest BCUT2D eigenvalue weighted by atomic mass is 19.2. The average Bonchev–Trinajstić information content (AvgIpc) is 2.53. The Hall–Kier alpha value is -2.57. The van der Waals surface area contributed by atoms with E-state index >= 15 is 0 Å². The smallest absolute Gasteiger partial charge is 0.504 e. The molecular formula is C15H13BF2O4. The van der Waals surface area contributed by atoms with Crippen molar-refractivity contribution in [2.45, 2.75) is 0 Å². The summed E-state index contributed by atoms with van der Waals surface area (Å²) in [6, 6.07) is 10.5. The fourth-order valence-electron chi connectivity index (χ4n) is 1.91. The van der Waals surface area contributed by atoms with Crippen LogP contribution in [0.15, 0.2) is 42.5 Å². The van der Waals surface area contributed by atoms with E-state index in [9.17, 15) is 13.4 Å². The molecular weight excluding hydrogens is 293 g/mol. The molecule has 0 bridgehead atoms. The van der Waals surface area contributed by atoms with Gasteiger partial charge in [0.2, 0.25) is 0 Å². The summed E-state index contributed by atoms with van der Waals surface area (Å²) in [7, 11) is -0.129. The summed E-state index contributed by atoms with van der Waals surface area (Å²) in [5.41, 5.74) is 0.372. The Morgan fingerprint density at radius 3 is 2.09 bits per heavy atom. The van der Waals surface area contributed by atoms with Gasteiger partial charge in [-0.05, 0) is 36.4 Å². The van der Waals surface area contributed by atoms with Crippen LogP contribution in [-0.2, 0) is 0 Å². The minimum absolute atomic E-state index is 0.0336. The summed E-state index contributed by atoms with van der Waals surface area (Å²) in [4.78, 5) is 12.4. The first-order valence-electron chi connectivity index (χ1n) is 6.36.